The second kappa shape index (κ2) is 3.69. The van der Waals surface area contributed by atoms with Crippen molar-refractivity contribution in [2.75, 3.05) is 0 Å². The molecule has 0 aliphatic carbocycles. The maximum absolute atomic E-state index is 11.3. The zero-order chi connectivity index (χ0) is 10.8. The Kier molecular flexibility index (Phi) is 2.37. The van der Waals surface area contributed by atoms with Crippen LogP contribution in [-0.4, -0.2) is 11.8 Å². The average Bonchev–Trinajstić information content (AvgIpc) is 2.49. The number of amides is 2. The van der Waals surface area contributed by atoms with Crippen molar-refractivity contribution in [3.8, 4) is 0 Å². The molecule has 0 spiro atoms. The van der Waals surface area contributed by atoms with Crippen molar-refractivity contribution in [3.05, 3.63) is 41.0 Å². The van der Waals surface area contributed by atoms with Crippen LogP contribution in [0.3, 0.4) is 0 Å². The Bertz CT molecular complexity index is 443. The molecular weight excluding hydrogens is 190 g/mol. The van der Waals surface area contributed by atoms with E-state index in [1.54, 1.807) is 6.08 Å². The van der Waals surface area contributed by atoms with Gasteiger partial charge in [-0.1, -0.05) is 29.8 Å². The van der Waals surface area contributed by atoms with Gasteiger partial charge in [0, 0.05) is 5.57 Å². The normalized spacial score (nSPS) is 18.3. The van der Waals surface area contributed by atoms with E-state index < -0.39 is 0 Å². The first-order chi connectivity index (χ1) is 7.15. The van der Waals surface area contributed by atoms with Crippen LogP contribution in [0.1, 0.15) is 17.5 Å². The average molecular weight is 201 g/mol. The summed E-state index contributed by atoms with van der Waals surface area (Å²) in [4.78, 5) is 22.2. The molecule has 1 saturated heterocycles. The van der Waals surface area contributed by atoms with Crippen molar-refractivity contribution < 1.29 is 9.59 Å². The SMILES string of the molecule is Cc1ccc(/C=C2\CC(=O)NC2=O)cc1. The number of carbonyl (C=O) groups excluding carboxylic acids is 2. The van der Waals surface area contributed by atoms with Gasteiger partial charge in [-0.2, -0.15) is 0 Å². The minimum absolute atomic E-state index is 0.187. The van der Waals surface area contributed by atoms with Crippen LogP contribution in [0.4, 0.5) is 0 Å². The third-order valence-electron chi connectivity index (χ3n) is 2.31. The van der Waals surface area contributed by atoms with Crippen LogP contribution in [0.2, 0.25) is 0 Å². The van der Waals surface area contributed by atoms with Crippen LogP contribution < -0.4 is 5.32 Å². The van der Waals surface area contributed by atoms with Crippen LogP contribution >= 0.6 is 0 Å². The predicted molar refractivity (Wildman–Crippen MR) is 56.9 cm³/mol. The number of rotatable bonds is 1. The van der Waals surface area contributed by atoms with Crippen molar-refractivity contribution in [1.29, 1.82) is 0 Å². The van der Waals surface area contributed by atoms with Crippen LogP contribution in [0, 0.1) is 6.92 Å². The summed E-state index contributed by atoms with van der Waals surface area (Å²) in [6.07, 6.45) is 1.94. The zero-order valence-corrected chi connectivity index (χ0v) is 8.41. The molecule has 0 unspecified atom stereocenters. The third kappa shape index (κ3) is 2.13. The minimum Gasteiger partial charge on any atom is -0.292 e. The summed E-state index contributed by atoms with van der Waals surface area (Å²) in [7, 11) is 0. The molecule has 1 heterocycles. The molecule has 1 aliphatic heterocycles. The summed E-state index contributed by atoms with van der Waals surface area (Å²) in [6, 6.07) is 7.80. The molecule has 1 aromatic carbocycles. The first kappa shape index (κ1) is 9.65. The zero-order valence-electron chi connectivity index (χ0n) is 8.41. The van der Waals surface area contributed by atoms with Crippen molar-refractivity contribution in [2.45, 2.75) is 13.3 Å². The maximum atomic E-state index is 11.3. The molecule has 0 saturated carbocycles. The van der Waals surface area contributed by atoms with Gasteiger partial charge in [-0.15, -0.1) is 0 Å². The van der Waals surface area contributed by atoms with Crippen molar-refractivity contribution in [1.82, 2.24) is 5.32 Å². The summed E-state index contributed by atoms with van der Waals surface area (Å²) in [5, 5.41) is 2.25. The number of carbonyl (C=O) groups is 2. The van der Waals surface area contributed by atoms with Gasteiger partial charge in [-0.05, 0) is 18.6 Å². The smallest absolute Gasteiger partial charge is 0.254 e. The quantitative estimate of drug-likeness (QED) is 0.551. The Morgan fingerprint density at radius 3 is 2.40 bits per heavy atom. The number of nitrogens with one attached hydrogen (secondary N) is 1. The van der Waals surface area contributed by atoms with E-state index in [1.165, 1.54) is 5.56 Å². The Hall–Kier alpha value is -1.90. The van der Waals surface area contributed by atoms with E-state index in [0.29, 0.717) is 5.57 Å². The van der Waals surface area contributed by atoms with Gasteiger partial charge in [0.2, 0.25) is 5.91 Å². The lowest BCUT2D eigenvalue weighted by Gasteiger charge is -1.96. The van der Waals surface area contributed by atoms with Crippen molar-refractivity contribution >= 4 is 17.9 Å². The molecule has 1 aromatic rings. The monoisotopic (exact) mass is 201 g/mol. The standard InChI is InChI=1S/C12H11NO2/c1-8-2-4-9(5-3-8)6-10-7-11(14)13-12(10)15/h2-6H,7H2,1H3,(H,13,14,15)/b10-6+. The van der Waals surface area contributed by atoms with Gasteiger partial charge in [-0.25, -0.2) is 0 Å². The molecule has 3 nitrogen and oxygen atoms in total. The summed E-state index contributed by atoms with van der Waals surface area (Å²) in [6.45, 7) is 2.00. The summed E-state index contributed by atoms with van der Waals surface area (Å²) >= 11 is 0. The largest absolute Gasteiger partial charge is 0.292 e. The van der Waals surface area contributed by atoms with E-state index in [0.717, 1.165) is 5.56 Å². The molecule has 0 bridgehead atoms. The van der Waals surface area contributed by atoms with Gasteiger partial charge in [0.05, 0.1) is 6.42 Å². The maximum Gasteiger partial charge on any atom is 0.254 e. The Morgan fingerprint density at radius 1 is 1.20 bits per heavy atom. The fraction of sp³-hybridized carbons (Fsp3) is 0.167. The molecule has 0 aromatic heterocycles. The molecule has 1 aliphatic rings. The summed E-state index contributed by atoms with van der Waals surface area (Å²) in [5.41, 5.74) is 2.65. The molecule has 2 rings (SSSR count). The van der Waals surface area contributed by atoms with Crippen LogP contribution in [0.15, 0.2) is 29.8 Å². The number of hydrogen-bond donors (Lipinski definition) is 1. The molecule has 1 N–H and O–H groups in total. The van der Waals surface area contributed by atoms with E-state index in [9.17, 15) is 9.59 Å². The van der Waals surface area contributed by atoms with Crippen molar-refractivity contribution in [2.24, 2.45) is 0 Å². The van der Waals surface area contributed by atoms with E-state index in [1.807, 2.05) is 31.2 Å². The molecule has 0 atom stereocenters. The van der Waals surface area contributed by atoms with Crippen LogP contribution in [0.25, 0.3) is 6.08 Å². The van der Waals surface area contributed by atoms with E-state index >= 15 is 0 Å². The highest BCUT2D eigenvalue weighted by atomic mass is 16.2. The first-order valence-corrected chi connectivity index (χ1v) is 4.76. The van der Waals surface area contributed by atoms with Gasteiger partial charge in [0.25, 0.3) is 5.91 Å². The number of benzene rings is 1. The predicted octanol–water partition coefficient (Wildman–Crippen LogP) is 1.42. The van der Waals surface area contributed by atoms with Gasteiger partial charge < -0.3 is 0 Å². The molecule has 1 fully saturated rings. The Balaban J connectivity index is 2.27. The second-order valence-electron chi connectivity index (χ2n) is 3.63. The minimum atomic E-state index is -0.277. The fourth-order valence-corrected chi connectivity index (χ4v) is 1.48. The van der Waals surface area contributed by atoms with Gasteiger partial charge in [0.15, 0.2) is 0 Å². The number of aryl methyl sites for hydroxylation is 1. The highest BCUT2D eigenvalue weighted by Crippen LogP contribution is 2.14. The Morgan fingerprint density at radius 2 is 1.87 bits per heavy atom. The number of hydrogen-bond acceptors (Lipinski definition) is 2. The molecule has 15 heavy (non-hydrogen) atoms. The van der Waals surface area contributed by atoms with E-state index in [-0.39, 0.29) is 18.2 Å². The second-order valence-corrected chi connectivity index (χ2v) is 3.63. The molecular formula is C12H11NO2. The molecule has 3 heteroatoms. The topological polar surface area (TPSA) is 46.2 Å². The lowest BCUT2D eigenvalue weighted by Crippen LogP contribution is -2.19. The molecule has 2 amide bonds. The van der Waals surface area contributed by atoms with E-state index in [4.69, 9.17) is 0 Å². The first-order valence-electron chi connectivity index (χ1n) is 4.76. The van der Waals surface area contributed by atoms with Gasteiger partial charge in [0.1, 0.15) is 0 Å². The van der Waals surface area contributed by atoms with Crippen LogP contribution in [-0.2, 0) is 9.59 Å². The molecule has 0 radical (unpaired) electrons. The molecule has 76 valence electrons. The van der Waals surface area contributed by atoms with Crippen molar-refractivity contribution in [3.63, 3.8) is 0 Å². The summed E-state index contributed by atoms with van der Waals surface area (Å²) in [5.74, 6) is -0.501. The van der Waals surface area contributed by atoms with E-state index in [2.05, 4.69) is 5.32 Å². The lowest BCUT2D eigenvalue weighted by atomic mass is 10.1. The number of imide groups is 1. The lowest BCUT2D eigenvalue weighted by molar-refractivity contribution is -0.124. The van der Waals surface area contributed by atoms with Gasteiger partial charge in [-0.3, -0.25) is 14.9 Å². The third-order valence-corrected chi connectivity index (χ3v) is 2.31. The fourth-order valence-electron chi connectivity index (χ4n) is 1.48. The highest BCUT2D eigenvalue weighted by molar-refractivity contribution is 6.15. The van der Waals surface area contributed by atoms with Crippen LogP contribution in [0.5, 0.6) is 0 Å². The Labute approximate surface area is 87.8 Å². The summed E-state index contributed by atoms with van der Waals surface area (Å²) < 4.78 is 0. The van der Waals surface area contributed by atoms with Gasteiger partial charge >= 0.3 is 0 Å². The highest BCUT2D eigenvalue weighted by Gasteiger charge is 2.23.